The van der Waals surface area contributed by atoms with Crippen molar-refractivity contribution in [2.75, 3.05) is 21.3 Å². The molecule has 5 heteroatoms. The molecule has 18 heavy (non-hydrogen) atoms. The van der Waals surface area contributed by atoms with Crippen LogP contribution in [0.2, 0.25) is 5.54 Å². The van der Waals surface area contributed by atoms with E-state index < -0.39 is 8.80 Å². The van der Waals surface area contributed by atoms with Gasteiger partial charge in [-0.05, 0) is 25.7 Å². The molecule has 0 fully saturated rings. The third kappa shape index (κ3) is 5.36. The second-order valence-electron chi connectivity index (χ2n) is 4.83. The molecule has 4 nitrogen and oxygen atoms in total. The highest BCUT2D eigenvalue weighted by Gasteiger charge is 2.46. The maximum atomic E-state index is 6.09. The van der Waals surface area contributed by atoms with E-state index in [-0.39, 0.29) is 6.04 Å². The van der Waals surface area contributed by atoms with E-state index in [9.17, 15) is 0 Å². The van der Waals surface area contributed by atoms with Crippen LogP contribution >= 0.6 is 0 Å². The van der Waals surface area contributed by atoms with Crippen molar-refractivity contribution >= 4 is 8.80 Å². The smallest absolute Gasteiger partial charge is 0.377 e. The predicted molar refractivity (Wildman–Crippen MR) is 77.6 cm³/mol. The molecule has 0 spiro atoms. The average Bonchev–Trinajstić information content (AvgIpc) is 2.38. The van der Waals surface area contributed by atoms with Crippen molar-refractivity contribution in [2.24, 2.45) is 5.73 Å². The fourth-order valence-corrected chi connectivity index (χ4v) is 5.19. The van der Waals surface area contributed by atoms with Crippen molar-refractivity contribution < 1.29 is 13.3 Å². The molecule has 2 atom stereocenters. The molecule has 110 valence electrons. The molecule has 0 aliphatic rings. The summed E-state index contributed by atoms with van der Waals surface area (Å²) in [6.45, 7) is 4.35. The van der Waals surface area contributed by atoms with Crippen LogP contribution in [0.3, 0.4) is 0 Å². The molecule has 0 amide bonds. The Morgan fingerprint density at radius 2 is 1.33 bits per heavy atom. The summed E-state index contributed by atoms with van der Waals surface area (Å²) < 4.78 is 16.8. The van der Waals surface area contributed by atoms with Gasteiger partial charge in [-0.2, -0.15) is 0 Å². The van der Waals surface area contributed by atoms with E-state index in [2.05, 4.69) is 13.8 Å². The summed E-state index contributed by atoms with van der Waals surface area (Å²) in [6, 6.07) is 0.284. The van der Waals surface area contributed by atoms with Crippen molar-refractivity contribution in [3.63, 3.8) is 0 Å². The Morgan fingerprint density at radius 1 is 0.833 bits per heavy atom. The molecule has 0 aromatic carbocycles. The van der Waals surface area contributed by atoms with Gasteiger partial charge in [-0.25, -0.2) is 0 Å². The molecule has 0 aromatic rings. The molecular formula is C13H31NO3Si. The quantitative estimate of drug-likeness (QED) is 0.590. The van der Waals surface area contributed by atoms with Crippen LogP contribution in [0, 0.1) is 0 Å². The second kappa shape index (κ2) is 9.92. The van der Waals surface area contributed by atoms with Crippen molar-refractivity contribution in [3.05, 3.63) is 0 Å². The van der Waals surface area contributed by atoms with Crippen LogP contribution in [-0.2, 0) is 13.3 Å². The first-order chi connectivity index (χ1) is 8.60. The third-order valence-corrected chi connectivity index (χ3v) is 6.82. The third-order valence-electron chi connectivity index (χ3n) is 3.54. The first-order valence-electron chi connectivity index (χ1n) is 7.01. The molecule has 2 N–H and O–H groups in total. The topological polar surface area (TPSA) is 53.7 Å². The van der Waals surface area contributed by atoms with Gasteiger partial charge in [0.2, 0.25) is 0 Å². The highest BCUT2D eigenvalue weighted by Crippen LogP contribution is 2.33. The normalized spacial score (nSPS) is 15.7. The van der Waals surface area contributed by atoms with Gasteiger partial charge in [-0.1, -0.05) is 26.7 Å². The van der Waals surface area contributed by atoms with Crippen molar-refractivity contribution in [2.45, 2.75) is 64.0 Å². The first-order valence-corrected chi connectivity index (χ1v) is 8.81. The summed E-state index contributed by atoms with van der Waals surface area (Å²) in [4.78, 5) is 0. The van der Waals surface area contributed by atoms with Crippen LogP contribution in [0.25, 0.3) is 0 Å². The minimum Gasteiger partial charge on any atom is -0.377 e. The Morgan fingerprint density at radius 3 is 1.72 bits per heavy atom. The van der Waals surface area contributed by atoms with Gasteiger partial charge in [0.1, 0.15) is 0 Å². The molecule has 0 saturated carbocycles. The molecule has 0 radical (unpaired) electrons. The van der Waals surface area contributed by atoms with Crippen LogP contribution in [0.5, 0.6) is 0 Å². The van der Waals surface area contributed by atoms with E-state index in [0.717, 1.165) is 38.5 Å². The van der Waals surface area contributed by atoms with Gasteiger partial charge in [0.25, 0.3) is 0 Å². The zero-order valence-electron chi connectivity index (χ0n) is 12.7. The summed E-state index contributed by atoms with van der Waals surface area (Å²) in [5.74, 6) is 0. The van der Waals surface area contributed by atoms with Crippen LogP contribution in [0.1, 0.15) is 52.4 Å². The van der Waals surface area contributed by atoms with Gasteiger partial charge in [-0.3, -0.25) is 0 Å². The molecule has 0 bridgehead atoms. The van der Waals surface area contributed by atoms with Crippen LogP contribution in [0.4, 0.5) is 0 Å². The summed E-state index contributed by atoms with van der Waals surface area (Å²) >= 11 is 0. The lowest BCUT2D eigenvalue weighted by Crippen LogP contribution is -2.48. The maximum absolute atomic E-state index is 6.09. The molecule has 0 aromatic heterocycles. The Kier molecular flexibility index (Phi) is 9.95. The zero-order valence-corrected chi connectivity index (χ0v) is 13.7. The van der Waals surface area contributed by atoms with Gasteiger partial charge in [0.05, 0.1) is 0 Å². The standard InChI is InChI=1S/C13H31NO3Si/c1-6-8-12(14)10-11-13(9-7-2)18(15-3,16-4)17-5/h12-13H,6-11,14H2,1-5H3. The van der Waals surface area contributed by atoms with Crippen molar-refractivity contribution in [3.8, 4) is 0 Å². The fraction of sp³-hybridized carbons (Fsp3) is 1.00. The van der Waals surface area contributed by atoms with Crippen LogP contribution < -0.4 is 5.73 Å². The monoisotopic (exact) mass is 277 g/mol. The summed E-state index contributed by atoms with van der Waals surface area (Å²) in [5, 5.41) is 0. The number of nitrogens with two attached hydrogens (primary N) is 1. The van der Waals surface area contributed by atoms with E-state index in [4.69, 9.17) is 19.0 Å². The second-order valence-corrected chi connectivity index (χ2v) is 8.08. The highest BCUT2D eigenvalue weighted by atomic mass is 28.4. The van der Waals surface area contributed by atoms with Crippen LogP contribution in [-0.4, -0.2) is 36.2 Å². The van der Waals surface area contributed by atoms with Gasteiger partial charge in [0.15, 0.2) is 0 Å². The van der Waals surface area contributed by atoms with Gasteiger partial charge in [0, 0.05) is 32.9 Å². The molecular weight excluding hydrogens is 246 g/mol. The molecule has 0 aliphatic heterocycles. The van der Waals surface area contributed by atoms with E-state index in [1.807, 2.05) is 0 Å². The highest BCUT2D eigenvalue weighted by molar-refractivity contribution is 6.62. The van der Waals surface area contributed by atoms with E-state index >= 15 is 0 Å². The largest absolute Gasteiger partial charge is 0.503 e. The van der Waals surface area contributed by atoms with Crippen LogP contribution in [0.15, 0.2) is 0 Å². The summed E-state index contributed by atoms with van der Waals surface area (Å²) in [7, 11) is 2.55. The molecule has 0 rings (SSSR count). The summed E-state index contributed by atoms with van der Waals surface area (Å²) in [6.07, 6.45) is 6.44. The lowest BCUT2D eigenvalue weighted by molar-refractivity contribution is 0.107. The number of rotatable bonds is 11. The molecule has 0 heterocycles. The first kappa shape index (κ1) is 18.1. The minimum atomic E-state index is -2.51. The zero-order chi connectivity index (χ0) is 14.0. The SMILES string of the molecule is CCCC(N)CCC(CCC)[Si](OC)(OC)OC. The fourth-order valence-electron chi connectivity index (χ4n) is 2.53. The van der Waals surface area contributed by atoms with E-state index in [1.54, 1.807) is 21.3 Å². The lowest BCUT2D eigenvalue weighted by atomic mass is 10.0. The molecule has 0 saturated heterocycles. The van der Waals surface area contributed by atoms with Gasteiger partial charge < -0.3 is 19.0 Å². The van der Waals surface area contributed by atoms with Gasteiger partial charge in [-0.15, -0.1) is 0 Å². The predicted octanol–water partition coefficient (Wildman–Crippen LogP) is 2.94. The summed E-state index contributed by atoms with van der Waals surface area (Å²) in [5.41, 5.74) is 6.44. The maximum Gasteiger partial charge on any atom is 0.503 e. The van der Waals surface area contributed by atoms with Gasteiger partial charge >= 0.3 is 8.80 Å². The van der Waals surface area contributed by atoms with Crippen molar-refractivity contribution in [1.82, 2.24) is 0 Å². The number of hydrogen-bond donors (Lipinski definition) is 1. The Hall–Kier alpha value is 0.0569. The Balaban J connectivity index is 4.52. The average molecular weight is 277 g/mol. The Labute approximate surface area is 114 Å². The van der Waals surface area contributed by atoms with E-state index in [0.29, 0.717) is 5.54 Å². The molecule has 2 unspecified atom stereocenters. The van der Waals surface area contributed by atoms with Crippen molar-refractivity contribution in [1.29, 1.82) is 0 Å². The van der Waals surface area contributed by atoms with E-state index in [1.165, 1.54) is 0 Å². The lowest BCUT2D eigenvalue weighted by Gasteiger charge is -2.33. The molecule has 0 aliphatic carbocycles. The Bertz CT molecular complexity index is 192. The number of hydrogen-bond acceptors (Lipinski definition) is 4. The minimum absolute atomic E-state index is 0.284.